The van der Waals surface area contributed by atoms with E-state index in [1.165, 1.54) is 11.8 Å². The first-order valence-electron chi connectivity index (χ1n) is 5.12. The van der Waals surface area contributed by atoms with Gasteiger partial charge < -0.3 is 4.90 Å². The number of nitrogens with one attached hydrogen (secondary N) is 1. The Balaban J connectivity index is 2.63. The molecule has 0 spiro atoms. The quantitative estimate of drug-likeness (QED) is 0.319. The molecule has 1 rings (SSSR count). The molecule has 0 bridgehead atoms. The number of rotatable bonds is 1. The number of piperidine rings is 1. The first-order valence-corrected chi connectivity index (χ1v) is 6.34. The Morgan fingerprint density at radius 3 is 2.80 bits per heavy atom. The number of hydrogen-bond acceptors (Lipinski definition) is 4. The third kappa shape index (κ3) is 2.86. The maximum atomic E-state index is 9.04. The van der Waals surface area contributed by atoms with Gasteiger partial charge in [-0.15, -0.1) is 0 Å². The van der Waals surface area contributed by atoms with E-state index in [9.17, 15) is 0 Å². The molecule has 0 aromatic carbocycles. The van der Waals surface area contributed by atoms with E-state index in [1.807, 2.05) is 6.26 Å². The second kappa shape index (κ2) is 5.38. The summed E-state index contributed by atoms with van der Waals surface area (Å²) in [7, 11) is 2.11. The van der Waals surface area contributed by atoms with Gasteiger partial charge in [0.15, 0.2) is 11.4 Å². The van der Waals surface area contributed by atoms with Crippen LogP contribution in [-0.4, -0.2) is 46.9 Å². The number of thioether (sulfide) groups is 1. The molecule has 0 saturated carbocycles. The normalized spacial score (nSPS) is 27.1. The Hall–Kier alpha value is -0.730. The van der Waals surface area contributed by atoms with Crippen LogP contribution in [0.4, 0.5) is 0 Å². The Labute approximate surface area is 95.7 Å². The molecule has 0 amide bonds. The number of likely N-dealkylation sites (tertiary alicyclic amines) is 1. The van der Waals surface area contributed by atoms with Crippen molar-refractivity contribution in [2.24, 2.45) is 0 Å². The zero-order valence-corrected chi connectivity index (χ0v) is 10.3. The third-order valence-electron chi connectivity index (χ3n) is 3.07. The van der Waals surface area contributed by atoms with Crippen molar-refractivity contribution in [3.05, 3.63) is 0 Å². The van der Waals surface area contributed by atoms with Crippen LogP contribution in [0.1, 0.15) is 19.8 Å². The SMILES string of the molecule is CSC(=N)N(C#N)C1CCN(C)C(C)C1. The minimum atomic E-state index is 0.209. The minimum Gasteiger partial charge on any atom is -0.304 e. The van der Waals surface area contributed by atoms with Crippen LogP contribution in [0.15, 0.2) is 0 Å². The van der Waals surface area contributed by atoms with Crippen LogP contribution < -0.4 is 0 Å². The first-order chi connectivity index (χ1) is 7.10. The summed E-state index contributed by atoms with van der Waals surface area (Å²) in [6, 6.07) is 0.704. The van der Waals surface area contributed by atoms with Gasteiger partial charge in [0.1, 0.15) is 0 Å². The second-order valence-electron chi connectivity index (χ2n) is 3.99. The first kappa shape index (κ1) is 12.3. The van der Waals surface area contributed by atoms with Crippen molar-refractivity contribution in [2.75, 3.05) is 19.8 Å². The van der Waals surface area contributed by atoms with Gasteiger partial charge >= 0.3 is 0 Å². The fraction of sp³-hybridized carbons (Fsp3) is 0.800. The molecule has 5 heteroatoms. The number of amidine groups is 1. The average molecular weight is 226 g/mol. The average Bonchev–Trinajstić information content (AvgIpc) is 2.24. The van der Waals surface area contributed by atoms with E-state index in [-0.39, 0.29) is 6.04 Å². The van der Waals surface area contributed by atoms with E-state index >= 15 is 0 Å². The van der Waals surface area contributed by atoms with Gasteiger partial charge in [0, 0.05) is 18.6 Å². The Kier molecular flexibility index (Phi) is 4.43. The molecule has 0 aliphatic carbocycles. The van der Waals surface area contributed by atoms with Gasteiger partial charge in [0.05, 0.1) is 0 Å². The van der Waals surface area contributed by atoms with E-state index in [2.05, 4.69) is 25.1 Å². The standard InChI is InChI=1S/C10H18N4S/c1-8-6-9(4-5-13(8)2)14(7-11)10(12)15-3/h8-9,12H,4-6H2,1-3H3. The highest BCUT2D eigenvalue weighted by atomic mass is 32.2. The van der Waals surface area contributed by atoms with Crippen LogP contribution in [0.2, 0.25) is 0 Å². The van der Waals surface area contributed by atoms with E-state index in [1.54, 1.807) is 4.90 Å². The van der Waals surface area contributed by atoms with Crippen molar-refractivity contribution in [1.82, 2.24) is 9.80 Å². The molecule has 0 aromatic heterocycles. The monoisotopic (exact) mass is 226 g/mol. The molecule has 1 aliphatic heterocycles. The summed E-state index contributed by atoms with van der Waals surface area (Å²) in [6.45, 7) is 3.18. The minimum absolute atomic E-state index is 0.209. The van der Waals surface area contributed by atoms with E-state index in [0.717, 1.165) is 19.4 Å². The van der Waals surface area contributed by atoms with Crippen LogP contribution >= 0.6 is 11.8 Å². The lowest BCUT2D eigenvalue weighted by atomic mass is 9.98. The lowest BCUT2D eigenvalue weighted by molar-refractivity contribution is 0.148. The predicted molar refractivity (Wildman–Crippen MR) is 63.8 cm³/mol. The van der Waals surface area contributed by atoms with Crippen molar-refractivity contribution >= 4 is 16.9 Å². The van der Waals surface area contributed by atoms with Crippen LogP contribution in [0.5, 0.6) is 0 Å². The smallest absolute Gasteiger partial charge is 0.186 e. The second-order valence-corrected chi connectivity index (χ2v) is 4.78. The fourth-order valence-corrected chi connectivity index (χ4v) is 2.28. The molecular weight excluding hydrogens is 208 g/mol. The molecule has 1 fully saturated rings. The van der Waals surface area contributed by atoms with Crippen molar-refractivity contribution < 1.29 is 0 Å². The van der Waals surface area contributed by atoms with E-state index in [4.69, 9.17) is 10.7 Å². The summed E-state index contributed by atoms with van der Waals surface area (Å²) < 4.78 is 0. The molecular formula is C10H18N4S. The van der Waals surface area contributed by atoms with Gasteiger partial charge in [-0.3, -0.25) is 10.3 Å². The third-order valence-corrected chi connectivity index (χ3v) is 3.65. The van der Waals surface area contributed by atoms with Gasteiger partial charge in [-0.05, 0) is 33.1 Å². The Morgan fingerprint density at radius 2 is 2.33 bits per heavy atom. The lowest BCUT2D eigenvalue weighted by Crippen LogP contribution is -2.47. The maximum absolute atomic E-state index is 9.04. The summed E-state index contributed by atoms with van der Waals surface area (Å²) in [4.78, 5) is 3.85. The highest BCUT2D eigenvalue weighted by molar-refractivity contribution is 8.13. The van der Waals surface area contributed by atoms with Crippen molar-refractivity contribution in [3.8, 4) is 6.19 Å². The zero-order chi connectivity index (χ0) is 11.4. The summed E-state index contributed by atoms with van der Waals surface area (Å²) in [5.74, 6) is 0. The molecule has 1 saturated heterocycles. The van der Waals surface area contributed by atoms with Crippen LogP contribution in [0, 0.1) is 16.9 Å². The van der Waals surface area contributed by atoms with Gasteiger partial charge in [0.25, 0.3) is 0 Å². The maximum Gasteiger partial charge on any atom is 0.186 e. The number of nitriles is 1. The summed E-state index contributed by atoms with van der Waals surface area (Å²) >= 11 is 1.33. The Bertz CT molecular complexity index is 273. The predicted octanol–water partition coefficient (Wildman–Crippen LogP) is 1.55. The molecule has 1 aliphatic rings. The molecule has 2 atom stereocenters. The summed E-state index contributed by atoms with van der Waals surface area (Å²) in [5, 5.41) is 17.1. The largest absolute Gasteiger partial charge is 0.304 e. The fourth-order valence-electron chi connectivity index (χ4n) is 1.89. The summed E-state index contributed by atoms with van der Waals surface area (Å²) in [6.07, 6.45) is 5.90. The molecule has 0 radical (unpaired) electrons. The van der Waals surface area contributed by atoms with Crippen LogP contribution in [-0.2, 0) is 0 Å². The molecule has 2 unspecified atom stereocenters. The van der Waals surface area contributed by atoms with E-state index in [0.29, 0.717) is 11.2 Å². The zero-order valence-electron chi connectivity index (χ0n) is 9.53. The lowest BCUT2D eigenvalue weighted by Gasteiger charge is -2.38. The number of nitrogens with zero attached hydrogens (tertiary/aromatic N) is 3. The van der Waals surface area contributed by atoms with Gasteiger partial charge in [-0.2, -0.15) is 5.26 Å². The topological polar surface area (TPSA) is 54.1 Å². The van der Waals surface area contributed by atoms with Crippen molar-refractivity contribution in [2.45, 2.75) is 31.8 Å². The van der Waals surface area contributed by atoms with Gasteiger partial charge in [-0.25, -0.2) is 0 Å². The van der Waals surface area contributed by atoms with Crippen molar-refractivity contribution in [3.63, 3.8) is 0 Å². The molecule has 0 aromatic rings. The van der Waals surface area contributed by atoms with Crippen LogP contribution in [0.25, 0.3) is 0 Å². The van der Waals surface area contributed by atoms with Gasteiger partial charge in [-0.1, -0.05) is 11.8 Å². The van der Waals surface area contributed by atoms with Crippen molar-refractivity contribution in [1.29, 1.82) is 10.7 Å². The summed E-state index contributed by atoms with van der Waals surface area (Å²) in [5.41, 5.74) is 0. The van der Waals surface area contributed by atoms with Gasteiger partial charge in [0.2, 0.25) is 0 Å². The molecule has 1 N–H and O–H groups in total. The van der Waals surface area contributed by atoms with Crippen LogP contribution in [0.3, 0.4) is 0 Å². The molecule has 1 heterocycles. The molecule has 4 nitrogen and oxygen atoms in total. The van der Waals surface area contributed by atoms with E-state index < -0.39 is 0 Å². The number of hydrogen-bond donors (Lipinski definition) is 1. The highest BCUT2D eigenvalue weighted by Crippen LogP contribution is 2.21. The highest BCUT2D eigenvalue weighted by Gasteiger charge is 2.28. The molecule has 15 heavy (non-hydrogen) atoms. The molecule has 84 valence electrons. The Morgan fingerprint density at radius 1 is 1.67 bits per heavy atom.